The van der Waals surface area contributed by atoms with Crippen molar-refractivity contribution in [2.45, 2.75) is 44.1 Å². The summed E-state index contributed by atoms with van der Waals surface area (Å²) in [6, 6.07) is 3.13. The first-order valence-corrected chi connectivity index (χ1v) is 7.50. The number of alkyl halides is 5. The van der Waals surface area contributed by atoms with Crippen molar-refractivity contribution in [3.63, 3.8) is 0 Å². The molecule has 134 valence electrons. The molecule has 3 aliphatic carbocycles. The van der Waals surface area contributed by atoms with Gasteiger partial charge >= 0.3 is 12.6 Å². The molecule has 0 spiro atoms. The van der Waals surface area contributed by atoms with Crippen LogP contribution in [-0.4, -0.2) is 27.0 Å². The van der Waals surface area contributed by atoms with Crippen LogP contribution in [0.2, 0.25) is 0 Å². The molecule has 2 aromatic heterocycles. The number of halogens is 5. The Balaban J connectivity index is 1.35. The van der Waals surface area contributed by atoms with Gasteiger partial charge in [-0.3, -0.25) is 4.98 Å². The maximum atomic E-state index is 12.8. The molecule has 0 aromatic carbocycles. The predicted molar refractivity (Wildman–Crippen MR) is 72.3 cm³/mol. The van der Waals surface area contributed by atoms with E-state index in [-0.39, 0.29) is 31.8 Å². The fraction of sp³-hybridized carbons (Fsp3) is 0.533. The molecule has 2 bridgehead atoms. The van der Waals surface area contributed by atoms with Gasteiger partial charge in [0.25, 0.3) is 5.89 Å². The SMILES string of the molecule is FC(F)c1nnc(-c2ccc(COC34CC(C(F)(F)F)(C3)C4)nc2)o1. The van der Waals surface area contributed by atoms with Crippen molar-refractivity contribution in [3.8, 4) is 11.5 Å². The molecule has 2 aromatic rings. The van der Waals surface area contributed by atoms with Gasteiger partial charge in [0.1, 0.15) is 0 Å². The lowest BCUT2D eigenvalue weighted by atomic mass is 9.40. The van der Waals surface area contributed by atoms with Gasteiger partial charge in [0.2, 0.25) is 5.89 Å². The van der Waals surface area contributed by atoms with Crippen molar-refractivity contribution in [1.82, 2.24) is 15.2 Å². The lowest BCUT2D eigenvalue weighted by molar-refractivity contribution is -0.394. The van der Waals surface area contributed by atoms with Gasteiger partial charge in [-0.25, -0.2) is 0 Å². The minimum absolute atomic E-state index is 0.0000264. The minimum atomic E-state index is -4.17. The van der Waals surface area contributed by atoms with Crippen LogP contribution in [0.5, 0.6) is 0 Å². The number of rotatable bonds is 5. The third-order valence-electron chi connectivity index (χ3n) is 4.81. The van der Waals surface area contributed by atoms with E-state index in [4.69, 9.17) is 9.15 Å². The van der Waals surface area contributed by atoms with Gasteiger partial charge in [-0.2, -0.15) is 22.0 Å². The standard InChI is InChI=1S/C15H12F5N3O2/c16-10(17)12-23-22-11(25-12)8-1-2-9(21-3-8)4-24-14-5-13(6-14,7-14)15(18,19)20/h1-3,10H,4-7H2. The molecule has 0 amide bonds. The van der Waals surface area contributed by atoms with E-state index in [1.165, 1.54) is 6.20 Å². The summed E-state index contributed by atoms with van der Waals surface area (Å²) in [6.45, 7) is 0.0837. The highest BCUT2D eigenvalue weighted by molar-refractivity contribution is 5.50. The predicted octanol–water partition coefficient (Wildman–Crippen LogP) is 4.07. The zero-order valence-electron chi connectivity index (χ0n) is 12.7. The quantitative estimate of drug-likeness (QED) is 0.752. The van der Waals surface area contributed by atoms with Gasteiger partial charge in [-0.1, -0.05) is 0 Å². The van der Waals surface area contributed by atoms with E-state index in [2.05, 4.69) is 15.2 Å². The Morgan fingerprint density at radius 1 is 1.16 bits per heavy atom. The van der Waals surface area contributed by atoms with Gasteiger partial charge in [-0.05, 0) is 31.4 Å². The van der Waals surface area contributed by atoms with E-state index in [1.54, 1.807) is 12.1 Å². The molecule has 3 aliphatic rings. The number of aromatic nitrogens is 3. The monoisotopic (exact) mass is 361 g/mol. The smallest absolute Gasteiger partial charge is 0.394 e. The van der Waals surface area contributed by atoms with Crippen LogP contribution in [0.1, 0.15) is 37.3 Å². The molecule has 5 nitrogen and oxygen atoms in total. The average Bonchev–Trinajstić information content (AvgIpc) is 2.93. The van der Waals surface area contributed by atoms with Crippen molar-refractivity contribution in [1.29, 1.82) is 0 Å². The zero-order chi connectivity index (χ0) is 17.9. The first kappa shape index (κ1) is 16.4. The van der Waals surface area contributed by atoms with Gasteiger partial charge in [0.15, 0.2) is 0 Å². The van der Waals surface area contributed by atoms with Crippen molar-refractivity contribution in [3.05, 3.63) is 29.9 Å². The molecular weight excluding hydrogens is 349 g/mol. The molecular formula is C15H12F5N3O2. The van der Waals surface area contributed by atoms with Crippen molar-refractivity contribution in [2.24, 2.45) is 5.41 Å². The van der Waals surface area contributed by atoms with E-state index < -0.39 is 29.5 Å². The molecule has 10 heteroatoms. The Morgan fingerprint density at radius 2 is 1.88 bits per heavy atom. The normalized spacial score (nSPS) is 27.9. The molecule has 0 radical (unpaired) electrons. The van der Waals surface area contributed by atoms with E-state index >= 15 is 0 Å². The van der Waals surface area contributed by atoms with E-state index in [1.807, 2.05) is 0 Å². The van der Waals surface area contributed by atoms with Gasteiger partial charge in [0.05, 0.1) is 28.9 Å². The summed E-state index contributed by atoms with van der Waals surface area (Å²) in [5.74, 6) is -0.855. The fourth-order valence-corrected chi connectivity index (χ4v) is 3.45. The molecule has 0 N–H and O–H groups in total. The molecule has 0 aliphatic heterocycles. The van der Waals surface area contributed by atoms with Crippen molar-refractivity contribution in [2.75, 3.05) is 0 Å². The summed E-state index contributed by atoms with van der Waals surface area (Å²) in [6.07, 6.45) is -5.66. The Bertz CT molecular complexity index is 767. The lowest BCUT2D eigenvalue weighted by Gasteiger charge is -2.69. The highest BCUT2D eigenvalue weighted by Gasteiger charge is 2.79. The highest BCUT2D eigenvalue weighted by atomic mass is 19.4. The van der Waals surface area contributed by atoms with E-state index in [9.17, 15) is 22.0 Å². The van der Waals surface area contributed by atoms with Gasteiger partial charge in [-0.15, -0.1) is 10.2 Å². The van der Waals surface area contributed by atoms with E-state index in [0.29, 0.717) is 11.3 Å². The number of pyridine rings is 1. The lowest BCUT2D eigenvalue weighted by Crippen LogP contribution is -2.73. The van der Waals surface area contributed by atoms with Crippen LogP contribution in [0.3, 0.4) is 0 Å². The van der Waals surface area contributed by atoms with Gasteiger partial charge < -0.3 is 9.15 Å². The summed E-state index contributed by atoms with van der Waals surface area (Å²) < 4.78 is 73.6. The Kier molecular flexibility index (Phi) is 3.40. The third kappa shape index (κ3) is 2.59. The molecule has 2 heterocycles. The third-order valence-corrected chi connectivity index (χ3v) is 4.81. The second-order valence-corrected chi connectivity index (χ2v) is 6.56. The number of nitrogens with zero attached hydrogens (tertiary/aromatic N) is 3. The molecule has 5 rings (SSSR count). The largest absolute Gasteiger partial charge is 0.415 e. The van der Waals surface area contributed by atoms with Crippen LogP contribution in [0, 0.1) is 5.41 Å². The summed E-state index contributed by atoms with van der Waals surface area (Å²) in [5.41, 5.74) is -1.35. The zero-order valence-corrected chi connectivity index (χ0v) is 12.7. The molecule has 0 saturated heterocycles. The number of ether oxygens (including phenoxy) is 1. The topological polar surface area (TPSA) is 61.0 Å². The van der Waals surface area contributed by atoms with Crippen molar-refractivity contribution >= 4 is 0 Å². The first-order chi connectivity index (χ1) is 11.7. The maximum Gasteiger partial charge on any atom is 0.394 e. The average molecular weight is 361 g/mol. The minimum Gasteiger partial charge on any atom is -0.415 e. The molecule has 25 heavy (non-hydrogen) atoms. The summed E-state index contributed by atoms with van der Waals surface area (Å²) in [4.78, 5) is 4.09. The van der Waals surface area contributed by atoms with Gasteiger partial charge in [0, 0.05) is 6.20 Å². The first-order valence-electron chi connectivity index (χ1n) is 7.50. The maximum absolute atomic E-state index is 12.8. The second kappa shape index (κ2) is 5.20. The van der Waals surface area contributed by atoms with Crippen molar-refractivity contribution < 1.29 is 31.1 Å². The molecule has 3 fully saturated rings. The second-order valence-electron chi connectivity index (χ2n) is 6.56. The molecule has 0 atom stereocenters. The van der Waals surface area contributed by atoms with Crippen LogP contribution >= 0.6 is 0 Å². The summed E-state index contributed by atoms with van der Waals surface area (Å²) >= 11 is 0. The van der Waals surface area contributed by atoms with Crippen LogP contribution < -0.4 is 0 Å². The number of hydrogen-bond acceptors (Lipinski definition) is 5. The van der Waals surface area contributed by atoms with Crippen LogP contribution in [0.15, 0.2) is 22.7 Å². The van der Waals surface area contributed by atoms with Crippen LogP contribution in [0.4, 0.5) is 22.0 Å². The fourth-order valence-electron chi connectivity index (χ4n) is 3.45. The molecule has 0 unspecified atom stereocenters. The Labute approximate surface area is 138 Å². The number of hydrogen-bond donors (Lipinski definition) is 0. The van der Waals surface area contributed by atoms with Crippen LogP contribution in [-0.2, 0) is 11.3 Å². The summed E-state index contributed by atoms with van der Waals surface area (Å²) in [7, 11) is 0. The molecule has 3 saturated carbocycles. The Hall–Kier alpha value is -2.10. The Morgan fingerprint density at radius 3 is 2.40 bits per heavy atom. The highest BCUT2D eigenvalue weighted by Crippen LogP contribution is 2.75. The summed E-state index contributed by atoms with van der Waals surface area (Å²) in [5, 5.41) is 6.73. The van der Waals surface area contributed by atoms with Crippen LogP contribution in [0.25, 0.3) is 11.5 Å². The van der Waals surface area contributed by atoms with E-state index in [0.717, 1.165) is 0 Å².